The van der Waals surface area contributed by atoms with E-state index in [4.69, 9.17) is 4.74 Å². The Kier molecular flexibility index (Phi) is 8.95. The van der Waals surface area contributed by atoms with Crippen molar-refractivity contribution in [2.75, 3.05) is 12.4 Å². The monoisotopic (exact) mass is 419 g/mol. The predicted molar refractivity (Wildman–Crippen MR) is 92.3 cm³/mol. The first kappa shape index (κ1) is 23.0. The number of carbonyl (C=O) groups is 1. The molecule has 28 heavy (non-hydrogen) atoms. The molecule has 0 atom stereocenters. The Morgan fingerprint density at radius 2 is 1.82 bits per heavy atom. The SMILES string of the molecule is COc1nc(C)nc(NC(=O)N=S(=O)=O)n1.FC(F)(F)CCc1ccccc1. The molecule has 2 rings (SSSR count). The van der Waals surface area contributed by atoms with Gasteiger partial charge in [0.2, 0.25) is 5.95 Å². The number of aryl methyl sites for hydroxylation is 2. The number of rotatable bonds is 4. The number of urea groups is 1. The summed E-state index contributed by atoms with van der Waals surface area (Å²) in [4.78, 5) is 22.1. The summed E-state index contributed by atoms with van der Waals surface area (Å²) in [5.41, 5.74) is 0.731. The van der Waals surface area contributed by atoms with Crippen LogP contribution in [0.1, 0.15) is 17.8 Å². The van der Waals surface area contributed by atoms with E-state index in [1.54, 1.807) is 37.3 Å². The Hall–Kier alpha value is -3.09. The molecule has 0 spiro atoms. The molecule has 0 fully saturated rings. The van der Waals surface area contributed by atoms with Crippen LogP contribution in [0.4, 0.5) is 23.9 Å². The van der Waals surface area contributed by atoms with E-state index >= 15 is 0 Å². The molecule has 0 saturated heterocycles. The normalized spacial score (nSPS) is 10.3. The lowest BCUT2D eigenvalue weighted by Gasteiger charge is -2.04. The van der Waals surface area contributed by atoms with E-state index in [0.29, 0.717) is 5.82 Å². The van der Waals surface area contributed by atoms with Crippen LogP contribution in [0.15, 0.2) is 34.7 Å². The van der Waals surface area contributed by atoms with Gasteiger partial charge in [-0.1, -0.05) is 34.7 Å². The second kappa shape index (κ2) is 10.9. The maximum absolute atomic E-state index is 11.7. The molecule has 0 unspecified atom stereocenters. The molecule has 0 bridgehead atoms. The molecule has 152 valence electrons. The number of anilines is 1. The second-order valence-electron chi connectivity index (χ2n) is 5.03. The van der Waals surface area contributed by atoms with Gasteiger partial charge in [0.1, 0.15) is 5.82 Å². The van der Waals surface area contributed by atoms with E-state index in [1.165, 1.54) is 7.11 Å². The number of nitrogens with zero attached hydrogens (tertiary/aromatic N) is 4. The van der Waals surface area contributed by atoms with Crippen LogP contribution in [0.2, 0.25) is 0 Å². The highest BCUT2D eigenvalue weighted by molar-refractivity contribution is 7.62. The van der Waals surface area contributed by atoms with Crippen LogP contribution in [-0.4, -0.2) is 42.7 Å². The standard InChI is InChI=1S/C9H9F3.C6H7N5O4S/c10-9(11,12)7-6-8-4-2-1-3-5-8;1-3-7-4(10-6(8-3)15-2)9-5(12)11-16(13)14/h1-5H,6-7H2;1-2H3,(H,7,8,9,10,12). The van der Waals surface area contributed by atoms with Gasteiger partial charge in [-0.05, 0) is 18.9 Å². The maximum atomic E-state index is 11.7. The number of hydrogen-bond acceptors (Lipinski definition) is 7. The number of halogens is 3. The largest absolute Gasteiger partial charge is 0.467 e. The van der Waals surface area contributed by atoms with Crippen molar-refractivity contribution in [3.8, 4) is 6.01 Å². The lowest BCUT2D eigenvalue weighted by molar-refractivity contribution is -0.134. The van der Waals surface area contributed by atoms with Gasteiger partial charge in [-0.25, -0.2) is 4.79 Å². The quantitative estimate of drug-likeness (QED) is 0.808. The van der Waals surface area contributed by atoms with Gasteiger partial charge in [0.25, 0.3) is 0 Å². The molecule has 0 aliphatic heterocycles. The van der Waals surface area contributed by atoms with Gasteiger partial charge >= 0.3 is 28.7 Å². The van der Waals surface area contributed by atoms with Gasteiger partial charge in [0.05, 0.1) is 7.11 Å². The minimum absolute atomic E-state index is 0.00560. The molecule has 0 radical (unpaired) electrons. The van der Waals surface area contributed by atoms with Crippen LogP contribution in [-0.2, 0) is 16.9 Å². The van der Waals surface area contributed by atoms with Crippen LogP contribution in [0.5, 0.6) is 6.01 Å². The van der Waals surface area contributed by atoms with Crippen molar-refractivity contribution < 1.29 is 31.1 Å². The number of nitrogens with one attached hydrogen (secondary N) is 1. The Morgan fingerprint density at radius 3 is 2.36 bits per heavy atom. The number of ether oxygens (including phenoxy) is 1. The van der Waals surface area contributed by atoms with Gasteiger partial charge in [-0.15, -0.1) is 0 Å². The lowest BCUT2D eigenvalue weighted by atomic mass is 10.1. The highest BCUT2D eigenvalue weighted by Gasteiger charge is 2.26. The smallest absolute Gasteiger partial charge is 0.389 e. The predicted octanol–water partition coefficient (Wildman–Crippen LogP) is 2.96. The Bertz CT molecular complexity index is 913. The molecule has 2 amide bonds. The van der Waals surface area contributed by atoms with Gasteiger partial charge < -0.3 is 4.74 Å². The third-order valence-corrected chi connectivity index (χ3v) is 3.14. The van der Waals surface area contributed by atoms with Crippen molar-refractivity contribution in [3.63, 3.8) is 0 Å². The second-order valence-corrected chi connectivity index (χ2v) is 5.65. The van der Waals surface area contributed by atoms with Crippen molar-refractivity contribution in [2.24, 2.45) is 4.36 Å². The summed E-state index contributed by atoms with van der Waals surface area (Å²) in [5.74, 6) is 0.175. The molecular formula is C15H16F3N5O4S. The number of alkyl halides is 3. The molecule has 1 N–H and O–H groups in total. The summed E-state index contributed by atoms with van der Waals surface area (Å²) in [6, 6.07) is 7.58. The number of amides is 2. The summed E-state index contributed by atoms with van der Waals surface area (Å²) < 4.78 is 62.8. The van der Waals surface area contributed by atoms with Crippen molar-refractivity contribution >= 4 is 22.5 Å². The molecule has 1 aromatic carbocycles. The van der Waals surface area contributed by atoms with Crippen molar-refractivity contribution in [3.05, 3.63) is 41.7 Å². The van der Waals surface area contributed by atoms with Crippen LogP contribution in [0, 0.1) is 6.92 Å². The van der Waals surface area contributed by atoms with Gasteiger partial charge in [0, 0.05) is 6.42 Å². The fraction of sp³-hybridized carbons (Fsp3) is 0.333. The highest BCUT2D eigenvalue weighted by atomic mass is 32.2. The topological polar surface area (TPSA) is 124 Å². The van der Waals surface area contributed by atoms with E-state index in [9.17, 15) is 26.4 Å². The molecular weight excluding hydrogens is 403 g/mol. The van der Waals surface area contributed by atoms with Crippen molar-refractivity contribution in [2.45, 2.75) is 25.9 Å². The molecule has 2 aromatic rings. The van der Waals surface area contributed by atoms with E-state index in [0.717, 1.165) is 5.56 Å². The van der Waals surface area contributed by atoms with Crippen molar-refractivity contribution in [1.82, 2.24) is 15.0 Å². The lowest BCUT2D eigenvalue weighted by Crippen LogP contribution is -2.11. The molecule has 0 saturated carbocycles. The number of carbonyl (C=O) groups excluding carboxylic acids is 1. The van der Waals surface area contributed by atoms with E-state index < -0.39 is 29.1 Å². The van der Waals surface area contributed by atoms with Crippen LogP contribution in [0.25, 0.3) is 0 Å². The van der Waals surface area contributed by atoms with Crippen LogP contribution >= 0.6 is 0 Å². The van der Waals surface area contributed by atoms with Gasteiger partial charge in [0.15, 0.2) is 0 Å². The summed E-state index contributed by atoms with van der Waals surface area (Å²) in [6.45, 7) is 1.56. The third kappa shape index (κ3) is 10.2. The van der Waals surface area contributed by atoms with E-state index in [1.807, 2.05) is 5.32 Å². The minimum atomic E-state index is -4.05. The Morgan fingerprint density at radius 1 is 1.18 bits per heavy atom. The van der Waals surface area contributed by atoms with E-state index in [-0.39, 0.29) is 18.4 Å². The molecule has 0 aliphatic carbocycles. The fourth-order valence-electron chi connectivity index (χ4n) is 1.72. The zero-order valence-electron chi connectivity index (χ0n) is 14.8. The summed E-state index contributed by atoms with van der Waals surface area (Å²) in [5, 5.41) is 2.05. The zero-order chi connectivity index (χ0) is 21.2. The summed E-state index contributed by atoms with van der Waals surface area (Å²) in [6.07, 6.45) is -4.71. The maximum Gasteiger partial charge on any atom is 0.389 e. The first-order valence-corrected chi connectivity index (χ1v) is 8.61. The molecule has 1 aromatic heterocycles. The third-order valence-electron chi connectivity index (χ3n) is 2.83. The number of benzene rings is 1. The summed E-state index contributed by atoms with van der Waals surface area (Å²) >= 11 is 0. The van der Waals surface area contributed by atoms with Crippen molar-refractivity contribution in [1.29, 1.82) is 0 Å². The Labute approximate surface area is 159 Å². The molecule has 0 aliphatic rings. The summed E-state index contributed by atoms with van der Waals surface area (Å²) in [7, 11) is -1.48. The van der Waals surface area contributed by atoms with Gasteiger partial charge in [-0.3, -0.25) is 5.32 Å². The molecule has 1 heterocycles. The minimum Gasteiger partial charge on any atom is -0.467 e. The number of hydrogen-bond donors (Lipinski definition) is 1. The first-order chi connectivity index (χ1) is 13.1. The Balaban J connectivity index is 0.000000292. The molecule has 13 heteroatoms. The average molecular weight is 419 g/mol. The average Bonchev–Trinajstić information content (AvgIpc) is 2.59. The van der Waals surface area contributed by atoms with E-state index in [2.05, 4.69) is 19.3 Å². The number of aromatic nitrogens is 3. The number of methoxy groups -OCH3 is 1. The highest BCUT2D eigenvalue weighted by Crippen LogP contribution is 2.21. The first-order valence-electron chi connectivity index (χ1n) is 7.58. The zero-order valence-corrected chi connectivity index (χ0v) is 15.6. The van der Waals surface area contributed by atoms with Gasteiger partial charge in [-0.2, -0.15) is 36.5 Å². The van der Waals surface area contributed by atoms with Crippen LogP contribution in [0.3, 0.4) is 0 Å². The molecule has 9 nitrogen and oxygen atoms in total. The van der Waals surface area contributed by atoms with Crippen LogP contribution < -0.4 is 10.1 Å². The fourth-order valence-corrected chi connectivity index (χ4v) is 1.90.